The normalized spacial score (nSPS) is 14.8. The Morgan fingerprint density at radius 2 is 1.94 bits per heavy atom. The van der Waals surface area contributed by atoms with Crippen LogP contribution in [0.15, 0.2) is 77.3 Å². The molecule has 1 amide bonds. The van der Waals surface area contributed by atoms with E-state index in [1.165, 1.54) is 0 Å². The summed E-state index contributed by atoms with van der Waals surface area (Å²) in [6, 6.07) is 18.6. The van der Waals surface area contributed by atoms with E-state index in [1.807, 2.05) is 79.9 Å². The van der Waals surface area contributed by atoms with Crippen molar-refractivity contribution >= 4 is 28.9 Å². The number of allylic oxidation sites excluding steroid dienone is 1. The van der Waals surface area contributed by atoms with E-state index in [-0.39, 0.29) is 5.91 Å². The number of fused-ring (bicyclic) bond motifs is 1. The van der Waals surface area contributed by atoms with Gasteiger partial charge >= 0.3 is 0 Å². The maximum Gasteiger partial charge on any atom is 0.256 e. The third-order valence-corrected chi connectivity index (χ3v) is 6.61. The molecule has 8 nitrogen and oxygen atoms in total. The first kappa shape index (κ1) is 22.7. The smallest absolute Gasteiger partial charge is 0.256 e. The van der Waals surface area contributed by atoms with Crippen molar-refractivity contribution in [2.45, 2.75) is 19.9 Å². The second kappa shape index (κ2) is 9.63. The van der Waals surface area contributed by atoms with Gasteiger partial charge in [0.25, 0.3) is 5.91 Å². The van der Waals surface area contributed by atoms with Gasteiger partial charge in [0.05, 0.1) is 25.0 Å². The van der Waals surface area contributed by atoms with Crippen molar-refractivity contribution in [3.63, 3.8) is 0 Å². The summed E-state index contributed by atoms with van der Waals surface area (Å²) >= 11 is 1.57. The average Bonchev–Trinajstić information content (AvgIpc) is 3.54. The van der Waals surface area contributed by atoms with Crippen LogP contribution in [0.2, 0.25) is 0 Å². The van der Waals surface area contributed by atoms with Crippen molar-refractivity contribution in [3.8, 4) is 22.9 Å². The fourth-order valence-corrected chi connectivity index (χ4v) is 4.90. The van der Waals surface area contributed by atoms with Gasteiger partial charge in [0, 0.05) is 16.1 Å². The van der Waals surface area contributed by atoms with Gasteiger partial charge < -0.3 is 20.1 Å². The molecule has 0 radical (unpaired) electrons. The lowest BCUT2D eigenvalue weighted by Crippen LogP contribution is -2.31. The van der Waals surface area contributed by atoms with Crippen molar-refractivity contribution in [1.29, 1.82) is 0 Å². The number of methoxy groups -OCH3 is 1. The van der Waals surface area contributed by atoms with Crippen LogP contribution in [0.3, 0.4) is 0 Å². The molecular weight excluding hydrogens is 462 g/mol. The van der Waals surface area contributed by atoms with Crippen molar-refractivity contribution in [1.82, 2.24) is 14.8 Å². The maximum atomic E-state index is 13.6. The summed E-state index contributed by atoms with van der Waals surface area (Å²) in [5.74, 6) is 2.30. The number of hydrogen-bond donors (Lipinski definition) is 2. The Balaban J connectivity index is 1.52. The largest absolute Gasteiger partial charge is 0.495 e. The van der Waals surface area contributed by atoms with Crippen LogP contribution in [0, 0.1) is 0 Å². The van der Waals surface area contributed by atoms with E-state index >= 15 is 0 Å². The summed E-state index contributed by atoms with van der Waals surface area (Å²) in [6.45, 7) is 4.44. The highest BCUT2D eigenvalue weighted by Crippen LogP contribution is 2.39. The molecule has 5 rings (SSSR count). The Morgan fingerprint density at radius 1 is 1.14 bits per heavy atom. The molecule has 0 saturated carbocycles. The Kier molecular flexibility index (Phi) is 6.24. The van der Waals surface area contributed by atoms with Crippen molar-refractivity contribution in [3.05, 3.63) is 82.2 Å². The van der Waals surface area contributed by atoms with Crippen LogP contribution in [-0.2, 0) is 4.79 Å². The van der Waals surface area contributed by atoms with E-state index in [0.29, 0.717) is 41.1 Å². The number of nitrogens with zero attached hydrogens (tertiary/aromatic N) is 3. The monoisotopic (exact) mass is 487 g/mol. The second-order valence-electron chi connectivity index (χ2n) is 7.90. The van der Waals surface area contributed by atoms with Crippen molar-refractivity contribution in [2.24, 2.45) is 0 Å². The molecule has 0 unspecified atom stereocenters. The van der Waals surface area contributed by atoms with Gasteiger partial charge in [-0.3, -0.25) is 4.79 Å². The molecule has 35 heavy (non-hydrogen) atoms. The van der Waals surface area contributed by atoms with Gasteiger partial charge in [0.2, 0.25) is 5.95 Å². The number of hydrogen-bond acceptors (Lipinski definition) is 7. The molecule has 0 aliphatic carbocycles. The first-order valence-corrected chi connectivity index (χ1v) is 12.1. The van der Waals surface area contributed by atoms with Crippen LogP contribution in [0.25, 0.3) is 11.4 Å². The highest BCUT2D eigenvalue weighted by atomic mass is 32.1. The van der Waals surface area contributed by atoms with Crippen LogP contribution in [0.5, 0.6) is 11.5 Å². The lowest BCUT2D eigenvalue weighted by molar-refractivity contribution is -0.113. The first-order chi connectivity index (χ1) is 17.1. The van der Waals surface area contributed by atoms with Crippen LogP contribution in [-0.4, -0.2) is 34.4 Å². The molecule has 1 atom stereocenters. The van der Waals surface area contributed by atoms with Crippen LogP contribution >= 0.6 is 11.3 Å². The molecule has 2 aromatic heterocycles. The number of ether oxygens (including phenoxy) is 2. The summed E-state index contributed by atoms with van der Waals surface area (Å²) in [4.78, 5) is 19.3. The number of aromatic nitrogens is 3. The van der Waals surface area contributed by atoms with Crippen molar-refractivity contribution < 1.29 is 14.3 Å². The van der Waals surface area contributed by atoms with E-state index in [4.69, 9.17) is 19.6 Å². The number of rotatable bonds is 7. The molecule has 0 fully saturated rings. The number of amides is 1. The Morgan fingerprint density at radius 3 is 2.66 bits per heavy atom. The molecule has 4 aromatic rings. The molecule has 0 spiro atoms. The summed E-state index contributed by atoms with van der Waals surface area (Å²) in [7, 11) is 1.58. The third-order valence-electron chi connectivity index (χ3n) is 5.69. The average molecular weight is 488 g/mol. The first-order valence-electron chi connectivity index (χ1n) is 11.2. The summed E-state index contributed by atoms with van der Waals surface area (Å²) < 4.78 is 12.7. The molecular formula is C26H25N5O3S. The Hall–Kier alpha value is -4.11. The number of nitrogens with one attached hydrogen (secondary N) is 2. The van der Waals surface area contributed by atoms with Gasteiger partial charge in [-0.2, -0.15) is 4.98 Å². The van der Waals surface area contributed by atoms with Gasteiger partial charge in [0.15, 0.2) is 5.82 Å². The second-order valence-corrected chi connectivity index (χ2v) is 8.88. The summed E-state index contributed by atoms with van der Waals surface area (Å²) in [5, 5.41) is 13.1. The minimum atomic E-state index is -0.426. The molecule has 2 aromatic carbocycles. The quantitative estimate of drug-likeness (QED) is 0.366. The maximum absolute atomic E-state index is 13.6. The zero-order valence-electron chi connectivity index (χ0n) is 19.6. The zero-order valence-corrected chi connectivity index (χ0v) is 20.4. The molecule has 2 N–H and O–H groups in total. The van der Waals surface area contributed by atoms with Crippen LogP contribution in [0.1, 0.15) is 24.8 Å². The van der Waals surface area contributed by atoms with Crippen LogP contribution < -0.4 is 20.1 Å². The fraction of sp³-hybridized carbons (Fsp3) is 0.192. The number of carbonyl (C=O) groups excluding carboxylic acids is 1. The highest BCUT2D eigenvalue weighted by Gasteiger charge is 2.35. The number of anilines is 2. The van der Waals surface area contributed by atoms with Gasteiger partial charge in [-0.15, -0.1) is 16.4 Å². The summed E-state index contributed by atoms with van der Waals surface area (Å²) in [5.41, 5.74) is 2.74. The molecule has 0 saturated heterocycles. The molecule has 1 aliphatic heterocycles. The molecule has 3 heterocycles. The predicted molar refractivity (Wildman–Crippen MR) is 137 cm³/mol. The lowest BCUT2D eigenvalue weighted by atomic mass is 10.0. The highest BCUT2D eigenvalue weighted by molar-refractivity contribution is 7.10. The van der Waals surface area contributed by atoms with Crippen molar-refractivity contribution in [2.75, 3.05) is 24.4 Å². The molecule has 1 aliphatic rings. The van der Waals surface area contributed by atoms with Gasteiger partial charge in [-0.05, 0) is 61.7 Å². The van der Waals surface area contributed by atoms with Gasteiger partial charge in [-0.1, -0.05) is 18.2 Å². The Bertz CT molecular complexity index is 1380. The fourth-order valence-electron chi connectivity index (χ4n) is 4.08. The number of carbonyl (C=O) groups is 1. The third kappa shape index (κ3) is 4.38. The minimum Gasteiger partial charge on any atom is -0.495 e. The number of thiophene rings is 1. The van der Waals surface area contributed by atoms with Crippen LogP contribution in [0.4, 0.5) is 11.6 Å². The van der Waals surface area contributed by atoms with E-state index < -0.39 is 6.04 Å². The SMILES string of the molecule is CCOc1ccc(-c2nc3n(n2)[C@H](c2cccs2)C(C(=O)Nc2ccccc2OC)=C(C)N3)cc1. The Labute approximate surface area is 207 Å². The number of benzene rings is 2. The van der Waals surface area contributed by atoms with Gasteiger partial charge in [0.1, 0.15) is 17.5 Å². The van der Waals surface area contributed by atoms with E-state index in [2.05, 4.69) is 10.6 Å². The molecule has 0 bridgehead atoms. The van der Waals surface area contributed by atoms with E-state index in [1.54, 1.807) is 23.1 Å². The molecule has 9 heteroatoms. The predicted octanol–water partition coefficient (Wildman–Crippen LogP) is 5.34. The molecule has 178 valence electrons. The topological polar surface area (TPSA) is 90.3 Å². The zero-order chi connectivity index (χ0) is 24.4. The summed E-state index contributed by atoms with van der Waals surface area (Å²) in [6.07, 6.45) is 0. The minimum absolute atomic E-state index is 0.235. The van der Waals surface area contributed by atoms with Gasteiger partial charge in [-0.25, -0.2) is 4.68 Å². The number of para-hydroxylation sites is 2. The van der Waals surface area contributed by atoms with E-state index in [9.17, 15) is 4.79 Å². The van der Waals surface area contributed by atoms with E-state index in [0.717, 1.165) is 16.2 Å². The lowest BCUT2D eigenvalue weighted by Gasteiger charge is -2.27. The standard InChI is InChI=1S/C26H25N5O3S/c1-4-34-18-13-11-17(12-14-18)24-29-26-27-16(2)22(23(31(26)30-24)21-10-7-15-35-21)25(32)28-19-8-5-6-9-20(19)33-3/h5-15,23H,4H2,1-3H3,(H,28,32)(H,27,29,30)/t23-/m1/s1.